The number of oxazole rings is 1. The molecule has 1 aromatic carbocycles. The topological polar surface area (TPSA) is 75.3 Å². The minimum Gasteiger partial charge on any atom is -0.408 e. The number of nitrogen functional groups attached to an aromatic ring is 1. The number of hydrogen-bond donors (Lipinski definition) is 2. The zero-order valence-electron chi connectivity index (χ0n) is 11.1. The van der Waals surface area contributed by atoms with E-state index in [4.69, 9.17) is 10.2 Å². The van der Waals surface area contributed by atoms with E-state index >= 15 is 0 Å². The van der Waals surface area contributed by atoms with Crippen LogP contribution in [0.3, 0.4) is 0 Å². The van der Waals surface area contributed by atoms with Gasteiger partial charge in [0.15, 0.2) is 5.58 Å². The normalized spacial score (nSPS) is 20.1. The average Bonchev–Trinajstić information content (AvgIpc) is 2.77. The predicted molar refractivity (Wildman–Crippen MR) is 76.5 cm³/mol. The number of nitrogens with zero attached hydrogens (tertiary/aromatic N) is 1. The molecule has 1 aromatic heterocycles. The number of benzene rings is 1. The Morgan fingerprint density at radius 1 is 1.47 bits per heavy atom. The number of fused-ring (bicyclic) bond motifs is 1. The van der Waals surface area contributed by atoms with Crippen LogP contribution in [0.5, 0.6) is 0 Å². The van der Waals surface area contributed by atoms with Gasteiger partial charge in [0.25, 0.3) is 0 Å². The quantitative estimate of drug-likeness (QED) is 0.814. The fourth-order valence-electron chi connectivity index (χ4n) is 2.99. The van der Waals surface area contributed by atoms with Crippen LogP contribution in [0.1, 0.15) is 32.6 Å². The Morgan fingerprint density at radius 3 is 3.11 bits per heavy atom. The van der Waals surface area contributed by atoms with Crippen LogP contribution in [-0.2, 0) is 0 Å². The summed E-state index contributed by atoms with van der Waals surface area (Å²) in [5.41, 5.74) is 9.05. The number of nitrogens with one attached hydrogen (secondary N) is 1. The summed E-state index contributed by atoms with van der Waals surface area (Å²) in [7, 11) is 0. The molecule has 1 unspecified atom stereocenters. The van der Waals surface area contributed by atoms with Crippen LogP contribution in [-0.4, -0.2) is 17.6 Å². The first-order valence-corrected chi connectivity index (χ1v) is 6.88. The molecule has 102 valence electrons. The number of H-pyrrole nitrogens is 1. The molecule has 5 heteroatoms. The van der Waals surface area contributed by atoms with Crippen molar-refractivity contribution in [2.24, 2.45) is 0 Å². The molecule has 0 saturated carbocycles. The van der Waals surface area contributed by atoms with Gasteiger partial charge in [0, 0.05) is 18.7 Å². The largest absolute Gasteiger partial charge is 0.417 e. The summed E-state index contributed by atoms with van der Waals surface area (Å²) in [5.74, 6) is -0.433. The van der Waals surface area contributed by atoms with Gasteiger partial charge < -0.3 is 15.1 Å². The van der Waals surface area contributed by atoms with Crippen molar-refractivity contribution in [2.45, 2.75) is 38.6 Å². The second-order valence-corrected chi connectivity index (χ2v) is 5.17. The third-order valence-electron chi connectivity index (χ3n) is 3.98. The Morgan fingerprint density at radius 2 is 2.32 bits per heavy atom. The van der Waals surface area contributed by atoms with Gasteiger partial charge in [-0.25, -0.2) is 4.79 Å². The molecule has 3 rings (SSSR count). The minimum atomic E-state index is -0.433. The fraction of sp³-hybridized carbons (Fsp3) is 0.500. The van der Waals surface area contributed by atoms with Crippen molar-refractivity contribution in [1.29, 1.82) is 0 Å². The summed E-state index contributed by atoms with van der Waals surface area (Å²) in [6, 6.07) is 4.21. The highest BCUT2D eigenvalue weighted by molar-refractivity contribution is 5.85. The molecule has 0 amide bonds. The maximum Gasteiger partial charge on any atom is 0.417 e. The summed E-state index contributed by atoms with van der Waals surface area (Å²) in [6.45, 7) is 3.23. The molecule has 0 spiro atoms. The van der Waals surface area contributed by atoms with E-state index in [0.29, 0.717) is 17.3 Å². The lowest BCUT2D eigenvalue weighted by atomic mass is 9.99. The van der Waals surface area contributed by atoms with Crippen LogP contribution in [0.4, 0.5) is 11.4 Å². The van der Waals surface area contributed by atoms with Crippen LogP contribution < -0.4 is 16.4 Å². The van der Waals surface area contributed by atoms with Crippen molar-refractivity contribution in [2.75, 3.05) is 17.2 Å². The van der Waals surface area contributed by atoms with Gasteiger partial charge in [-0.2, -0.15) is 0 Å². The predicted octanol–water partition coefficient (Wildman–Crippen LogP) is 2.47. The van der Waals surface area contributed by atoms with Crippen molar-refractivity contribution in [3.63, 3.8) is 0 Å². The van der Waals surface area contributed by atoms with Crippen molar-refractivity contribution < 1.29 is 4.42 Å². The highest BCUT2D eigenvalue weighted by Crippen LogP contribution is 2.33. The van der Waals surface area contributed by atoms with Gasteiger partial charge in [0.2, 0.25) is 0 Å². The molecule has 1 aliphatic rings. The van der Waals surface area contributed by atoms with E-state index in [1.165, 1.54) is 19.3 Å². The van der Waals surface area contributed by atoms with Crippen LogP contribution in [0, 0.1) is 0 Å². The van der Waals surface area contributed by atoms with Crippen molar-refractivity contribution in [3.05, 3.63) is 22.7 Å². The molecular formula is C14H19N3O2. The monoisotopic (exact) mass is 261 g/mol. The van der Waals surface area contributed by atoms with E-state index < -0.39 is 5.76 Å². The summed E-state index contributed by atoms with van der Waals surface area (Å²) in [4.78, 5) is 16.3. The maximum absolute atomic E-state index is 11.2. The maximum atomic E-state index is 11.2. The Hall–Kier alpha value is -1.91. The van der Waals surface area contributed by atoms with E-state index in [1.807, 2.05) is 6.07 Å². The van der Waals surface area contributed by atoms with Crippen LogP contribution in [0.15, 0.2) is 21.3 Å². The Bertz CT molecular complexity index is 644. The SMILES string of the molecule is CCC1CCCCN1c1cc2[nH]c(=O)oc2cc1N. The van der Waals surface area contributed by atoms with E-state index in [-0.39, 0.29) is 0 Å². The number of nitrogens with two attached hydrogens (primary N) is 1. The summed E-state index contributed by atoms with van der Waals surface area (Å²) >= 11 is 0. The van der Waals surface area contributed by atoms with Gasteiger partial charge in [-0.3, -0.25) is 4.98 Å². The summed E-state index contributed by atoms with van der Waals surface area (Å²) in [5, 5.41) is 0. The van der Waals surface area contributed by atoms with Crippen LogP contribution in [0.2, 0.25) is 0 Å². The average molecular weight is 261 g/mol. The van der Waals surface area contributed by atoms with Gasteiger partial charge in [-0.05, 0) is 31.7 Å². The summed E-state index contributed by atoms with van der Waals surface area (Å²) in [6.07, 6.45) is 4.78. The Balaban J connectivity index is 2.07. The van der Waals surface area contributed by atoms with E-state index in [9.17, 15) is 4.79 Å². The van der Waals surface area contributed by atoms with Crippen molar-refractivity contribution in [1.82, 2.24) is 4.98 Å². The zero-order valence-corrected chi connectivity index (χ0v) is 11.1. The molecule has 0 radical (unpaired) electrons. The number of rotatable bonds is 2. The molecule has 1 saturated heterocycles. The van der Waals surface area contributed by atoms with Crippen LogP contribution >= 0.6 is 0 Å². The second kappa shape index (κ2) is 4.64. The van der Waals surface area contributed by atoms with E-state index in [1.54, 1.807) is 6.07 Å². The molecule has 1 aliphatic heterocycles. The van der Waals surface area contributed by atoms with E-state index in [2.05, 4.69) is 16.8 Å². The first kappa shape index (κ1) is 12.1. The second-order valence-electron chi connectivity index (χ2n) is 5.17. The van der Waals surface area contributed by atoms with Gasteiger partial charge in [0.05, 0.1) is 16.9 Å². The number of hydrogen-bond acceptors (Lipinski definition) is 4. The van der Waals surface area contributed by atoms with E-state index in [0.717, 1.165) is 24.2 Å². The van der Waals surface area contributed by atoms with Gasteiger partial charge in [-0.15, -0.1) is 0 Å². The highest BCUT2D eigenvalue weighted by Gasteiger charge is 2.23. The molecule has 5 nitrogen and oxygen atoms in total. The smallest absolute Gasteiger partial charge is 0.408 e. The zero-order chi connectivity index (χ0) is 13.4. The van der Waals surface area contributed by atoms with Crippen molar-refractivity contribution in [3.8, 4) is 0 Å². The Kier molecular flexibility index (Phi) is 2.97. The molecule has 0 bridgehead atoms. The molecule has 0 aliphatic carbocycles. The lowest BCUT2D eigenvalue weighted by molar-refractivity contribution is 0.450. The fourth-order valence-corrected chi connectivity index (χ4v) is 2.99. The van der Waals surface area contributed by atoms with Crippen molar-refractivity contribution >= 4 is 22.5 Å². The van der Waals surface area contributed by atoms with Gasteiger partial charge >= 0.3 is 5.76 Å². The molecular weight excluding hydrogens is 242 g/mol. The molecule has 3 N–H and O–H groups in total. The molecule has 1 fully saturated rings. The number of aromatic nitrogens is 1. The number of anilines is 2. The molecule has 19 heavy (non-hydrogen) atoms. The first-order chi connectivity index (χ1) is 9.19. The molecule has 2 aromatic rings. The lowest BCUT2D eigenvalue weighted by Crippen LogP contribution is -2.39. The Labute approximate surface area is 111 Å². The number of piperidine rings is 1. The minimum absolute atomic E-state index is 0.433. The number of aromatic amines is 1. The standard InChI is InChI=1S/C14H19N3O2/c1-2-9-5-3-4-6-17(9)12-8-11-13(7-10(12)15)19-14(18)16-11/h7-9H,2-6,15H2,1H3,(H,16,18). The third-order valence-corrected chi connectivity index (χ3v) is 3.98. The summed E-state index contributed by atoms with van der Waals surface area (Å²) < 4.78 is 5.03. The van der Waals surface area contributed by atoms with Gasteiger partial charge in [0.1, 0.15) is 0 Å². The highest BCUT2D eigenvalue weighted by atomic mass is 16.4. The third kappa shape index (κ3) is 2.09. The van der Waals surface area contributed by atoms with Gasteiger partial charge in [-0.1, -0.05) is 6.92 Å². The first-order valence-electron chi connectivity index (χ1n) is 6.88. The van der Waals surface area contributed by atoms with Crippen LogP contribution in [0.25, 0.3) is 11.1 Å². The molecule has 1 atom stereocenters. The lowest BCUT2D eigenvalue weighted by Gasteiger charge is -2.37. The molecule has 2 heterocycles.